The largest absolute Gasteiger partial charge is 0.464 e. The molecule has 0 atom stereocenters. The molecule has 1 N–H and O–H groups in total. The van der Waals surface area contributed by atoms with Crippen LogP contribution in [0.1, 0.15) is 34.0 Å². The van der Waals surface area contributed by atoms with Gasteiger partial charge in [-0.25, -0.2) is 4.79 Å². The number of thiophene rings is 1. The predicted octanol–water partition coefficient (Wildman–Crippen LogP) is 6.14. The highest BCUT2D eigenvalue weighted by Crippen LogP contribution is 2.36. The van der Waals surface area contributed by atoms with E-state index in [0.717, 1.165) is 38.8 Å². The van der Waals surface area contributed by atoms with E-state index in [1.165, 1.54) is 11.3 Å². The number of nitrogens with one attached hydrogen (secondary N) is 1. The van der Waals surface area contributed by atoms with Crippen LogP contribution >= 0.6 is 11.3 Å². The van der Waals surface area contributed by atoms with E-state index in [-0.39, 0.29) is 18.9 Å². The predicted molar refractivity (Wildman–Crippen MR) is 124 cm³/mol. The minimum Gasteiger partial charge on any atom is -0.464 e. The van der Waals surface area contributed by atoms with Crippen molar-refractivity contribution in [2.45, 2.75) is 27.2 Å². The van der Waals surface area contributed by atoms with Crippen LogP contribution in [0.2, 0.25) is 0 Å². The number of rotatable bonds is 6. The number of carbonyl (C=O) groups excluding carboxylic acids is 2. The Balaban J connectivity index is 1.61. The monoisotopic (exact) mass is 433 g/mol. The molecular weight excluding hydrogens is 410 g/mol. The zero-order valence-electron chi connectivity index (χ0n) is 17.7. The molecule has 0 fully saturated rings. The van der Waals surface area contributed by atoms with Crippen molar-refractivity contribution in [2.24, 2.45) is 0 Å². The van der Waals surface area contributed by atoms with Gasteiger partial charge in [0.1, 0.15) is 16.1 Å². The number of carbonyl (C=O) groups is 2. The average Bonchev–Trinajstić information content (AvgIpc) is 3.32. The Kier molecular flexibility index (Phi) is 5.91. The summed E-state index contributed by atoms with van der Waals surface area (Å²) in [5.74, 6) is -0.662. The van der Waals surface area contributed by atoms with Gasteiger partial charge in [0, 0.05) is 21.9 Å². The van der Waals surface area contributed by atoms with Crippen LogP contribution in [-0.4, -0.2) is 18.5 Å². The molecule has 0 aliphatic heterocycles. The summed E-state index contributed by atoms with van der Waals surface area (Å²) in [7, 11) is 0. The Labute approximate surface area is 184 Å². The molecule has 31 heavy (non-hydrogen) atoms. The fraction of sp³-hybridized carbons (Fsp3) is 0.200. The first-order valence-electron chi connectivity index (χ1n) is 10.1. The van der Waals surface area contributed by atoms with Crippen LogP contribution in [0.15, 0.2) is 58.5 Å². The summed E-state index contributed by atoms with van der Waals surface area (Å²) in [5, 5.41) is 6.18. The first-order valence-corrected chi connectivity index (χ1v) is 11.0. The lowest BCUT2D eigenvalue weighted by Crippen LogP contribution is -2.16. The molecule has 0 saturated heterocycles. The van der Waals surface area contributed by atoms with Gasteiger partial charge in [-0.15, -0.1) is 11.3 Å². The number of anilines is 1. The third-order valence-corrected chi connectivity index (χ3v) is 5.94. The van der Waals surface area contributed by atoms with Crippen molar-refractivity contribution in [1.82, 2.24) is 0 Å². The van der Waals surface area contributed by atoms with E-state index in [9.17, 15) is 9.59 Å². The van der Waals surface area contributed by atoms with Gasteiger partial charge in [0.25, 0.3) is 0 Å². The minimum absolute atomic E-state index is 0.149. The van der Waals surface area contributed by atoms with E-state index in [1.807, 2.05) is 61.7 Å². The fourth-order valence-corrected chi connectivity index (χ4v) is 4.45. The normalized spacial score (nSPS) is 10.9. The van der Waals surface area contributed by atoms with Gasteiger partial charge >= 0.3 is 5.97 Å². The van der Waals surface area contributed by atoms with Gasteiger partial charge in [0.05, 0.1) is 19.3 Å². The first kappa shape index (κ1) is 20.9. The first-order chi connectivity index (χ1) is 15.0. The van der Waals surface area contributed by atoms with Crippen molar-refractivity contribution < 1.29 is 18.7 Å². The van der Waals surface area contributed by atoms with Gasteiger partial charge in [0.15, 0.2) is 0 Å². The lowest BCUT2D eigenvalue weighted by Gasteiger charge is -2.09. The van der Waals surface area contributed by atoms with Gasteiger partial charge in [-0.2, -0.15) is 0 Å². The van der Waals surface area contributed by atoms with E-state index < -0.39 is 5.97 Å². The molecule has 0 unspecified atom stereocenters. The topological polar surface area (TPSA) is 68.5 Å². The number of hydrogen-bond donors (Lipinski definition) is 1. The molecule has 1 amide bonds. The third kappa shape index (κ3) is 4.39. The lowest BCUT2D eigenvalue weighted by atomic mass is 10.0. The maximum atomic E-state index is 12.8. The standard InChI is InChI=1S/C25H23NO4S/c1-4-29-25(28)23-20(17-8-5-15(2)6-9-17)14-31-24(23)26-22(27)12-18-13-30-21-11-16(3)7-10-19(18)21/h5-11,13-14H,4,12H2,1-3H3,(H,26,27). The Hall–Kier alpha value is -3.38. The zero-order valence-corrected chi connectivity index (χ0v) is 18.5. The van der Waals surface area contributed by atoms with Gasteiger partial charge in [-0.1, -0.05) is 42.0 Å². The molecule has 0 radical (unpaired) electrons. The second kappa shape index (κ2) is 8.78. The molecule has 2 heterocycles. The molecule has 0 saturated carbocycles. The second-order valence-electron chi connectivity index (χ2n) is 7.43. The van der Waals surface area contributed by atoms with Crippen LogP contribution in [0.4, 0.5) is 5.00 Å². The number of benzene rings is 2. The Bertz CT molecular complexity index is 1250. The van der Waals surface area contributed by atoms with Crippen molar-refractivity contribution in [3.8, 4) is 11.1 Å². The summed E-state index contributed by atoms with van der Waals surface area (Å²) in [6.45, 7) is 6.03. The second-order valence-corrected chi connectivity index (χ2v) is 8.31. The summed E-state index contributed by atoms with van der Waals surface area (Å²) in [4.78, 5) is 25.5. The zero-order chi connectivity index (χ0) is 22.0. The molecule has 4 rings (SSSR count). The summed E-state index contributed by atoms with van der Waals surface area (Å²) >= 11 is 1.32. The number of esters is 1. The van der Waals surface area contributed by atoms with Crippen LogP contribution in [-0.2, 0) is 16.0 Å². The van der Waals surface area contributed by atoms with E-state index >= 15 is 0 Å². The number of furan rings is 1. The van der Waals surface area contributed by atoms with Crippen molar-refractivity contribution in [3.63, 3.8) is 0 Å². The molecule has 0 aliphatic rings. The van der Waals surface area contributed by atoms with Crippen LogP contribution in [0.3, 0.4) is 0 Å². The number of hydrogen-bond acceptors (Lipinski definition) is 5. The third-order valence-electron chi connectivity index (χ3n) is 5.05. The van der Waals surface area contributed by atoms with E-state index in [0.29, 0.717) is 10.6 Å². The highest BCUT2D eigenvalue weighted by atomic mass is 32.1. The molecule has 6 heteroatoms. The van der Waals surface area contributed by atoms with E-state index in [4.69, 9.17) is 9.15 Å². The van der Waals surface area contributed by atoms with Crippen LogP contribution < -0.4 is 5.32 Å². The highest BCUT2D eigenvalue weighted by Gasteiger charge is 2.23. The highest BCUT2D eigenvalue weighted by molar-refractivity contribution is 7.15. The average molecular weight is 434 g/mol. The Morgan fingerprint density at radius 1 is 1.06 bits per heavy atom. The Morgan fingerprint density at radius 2 is 1.81 bits per heavy atom. The smallest absolute Gasteiger partial charge is 0.341 e. The number of aryl methyl sites for hydroxylation is 2. The lowest BCUT2D eigenvalue weighted by molar-refractivity contribution is -0.115. The van der Waals surface area contributed by atoms with Crippen molar-refractivity contribution in [3.05, 3.63) is 76.4 Å². The molecular formula is C25H23NO4S. The maximum absolute atomic E-state index is 12.8. The van der Waals surface area contributed by atoms with Gasteiger partial charge in [0.2, 0.25) is 5.91 Å². The maximum Gasteiger partial charge on any atom is 0.341 e. The molecule has 0 spiro atoms. The van der Waals surface area contributed by atoms with Crippen molar-refractivity contribution >= 4 is 39.2 Å². The summed E-state index contributed by atoms with van der Waals surface area (Å²) in [6.07, 6.45) is 1.76. The van der Waals surface area contributed by atoms with E-state index in [2.05, 4.69) is 5.32 Å². The van der Waals surface area contributed by atoms with Gasteiger partial charge < -0.3 is 14.5 Å². The van der Waals surface area contributed by atoms with Gasteiger partial charge in [-0.05, 0) is 38.0 Å². The summed E-state index contributed by atoms with van der Waals surface area (Å²) in [6, 6.07) is 13.8. The van der Waals surface area contributed by atoms with Crippen LogP contribution in [0, 0.1) is 13.8 Å². The SMILES string of the molecule is CCOC(=O)c1c(-c2ccc(C)cc2)csc1NC(=O)Cc1coc2cc(C)ccc12. The fourth-order valence-electron chi connectivity index (χ4n) is 3.47. The number of ether oxygens (including phenoxy) is 1. The molecule has 5 nitrogen and oxygen atoms in total. The minimum atomic E-state index is -0.445. The van der Waals surface area contributed by atoms with E-state index in [1.54, 1.807) is 13.2 Å². The summed E-state index contributed by atoms with van der Waals surface area (Å²) in [5.41, 5.74) is 5.83. The summed E-state index contributed by atoms with van der Waals surface area (Å²) < 4.78 is 10.9. The molecule has 0 aliphatic carbocycles. The molecule has 2 aromatic heterocycles. The molecule has 4 aromatic rings. The van der Waals surface area contributed by atoms with Crippen molar-refractivity contribution in [2.75, 3.05) is 11.9 Å². The van der Waals surface area contributed by atoms with Crippen LogP contribution in [0.25, 0.3) is 22.1 Å². The number of amides is 1. The molecule has 0 bridgehead atoms. The number of fused-ring (bicyclic) bond motifs is 1. The van der Waals surface area contributed by atoms with Crippen molar-refractivity contribution in [1.29, 1.82) is 0 Å². The van der Waals surface area contributed by atoms with Crippen LogP contribution in [0.5, 0.6) is 0 Å². The Morgan fingerprint density at radius 3 is 2.55 bits per heavy atom. The molecule has 2 aromatic carbocycles. The molecule has 158 valence electrons. The van der Waals surface area contributed by atoms with Gasteiger partial charge in [-0.3, -0.25) is 4.79 Å². The quantitative estimate of drug-likeness (QED) is 0.371.